The topological polar surface area (TPSA) is 67.2 Å². The molecule has 182 valence electrons. The zero-order valence-electron chi connectivity index (χ0n) is 20.6. The molecule has 0 radical (unpaired) electrons. The van der Waals surface area contributed by atoms with Gasteiger partial charge in [0.05, 0.1) is 5.69 Å². The molecule has 2 fully saturated rings. The van der Waals surface area contributed by atoms with Gasteiger partial charge in [0.15, 0.2) is 0 Å². The average Bonchev–Trinajstić information content (AvgIpc) is 3.39. The summed E-state index contributed by atoms with van der Waals surface area (Å²) < 4.78 is 1.92. The number of hydrogen-bond donors (Lipinski definition) is 1. The van der Waals surface area contributed by atoms with Crippen molar-refractivity contribution in [3.63, 3.8) is 0 Å². The highest BCUT2D eigenvalue weighted by molar-refractivity contribution is 5.94. The lowest BCUT2D eigenvalue weighted by molar-refractivity contribution is -0.138. The second kappa shape index (κ2) is 10.1. The first kappa shape index (κ1) is 23.3. The molecule has 35 heavy (non-hydrogen) atoms. The predicted molar refractivity (Wildman–Crippen MR) is 138 cm³/mol. The van der Waals surface area contributed by atoms with Gasteiger partial charge in [0.25, 0.3) is 0 Å². The summed E-state index contributed by atoms with van der Waals surface area (Å²) in [6.07, 6.45) is 8.04. The Balaban J connectivity index is 1.40. The number of amides is 2. The third-order valence-corrected chi connectivity index (χ3v) is 7.15. The Bertz CT molecular complexity index is 1170. The van der Waals surface area contributed by atoms with Crippen molar-refractivity contribution in [1.82, 2.24) is 14.5 Å². The van der Waals surface area contributed by atoms with Gasteiger partial charge >= 0.3 is 0 Å². The number of imidazole rings is 1. The highest BCUT2D eigenvalue weighted by atomic mass is 16.2. The van der Waals surface area contributed by atoms with Crippen LogP contribution in [-0.2, 0) is 9.59 Å². The zero-order valence-corrected chi connectivity index (χ0v) is 20.6. The molecule has 2 amide bonds. The van der Waals surface area contributed by atoms with Gasteiger partial charge in [-0.05, 0) is 49.3 Å². The highest BCUT2D eigenvalue weighted by Gasteiger charge is 2.37. The van der Waals surface area contributed by atoms with Crippen molar-refractivity contribution >= 4 is 17.8 Å². The second-order valence-electron chi connectivity index (χ2n) is 10.2. The molecule has 2 saturated carbocycles. The van der Waals surface area contributed by atoms with Crippen LogP contribution in [0.4, 0.5) is 5.95 Å². The van der Waals surface area contributed by atoms with Gasteiger partial charge in [-0.1, -0.05) is 69.2 Å². The first-order valence-corrected chi connectivity index (χ1v) is 12.8. The molecule has 2 aliphatic rings. The van der Waals surface area contributed by atoms with E-state index in [1.165, 1.54) is 5.56 Å². The van der Waals surface area contributed by atoms with Gasteiger partial charge in [-0.25, -0.2) is 4.98 Å². The summed E-state index contributed by atoms with van der Waals surface area (Å²) in [7, 11) is 0. The minimum absolute atomic E-state index is 0.0783. The number of nitrogens with one attached hydrogen (secondary N) is 1. The van der Waals surface area contributed by atoms with Crippen LogP contribution in [0.2, 0.25) is 0 Å². The van der Waals surface area contributed by atoms with E-state index in [4.69, 9.17) is 4.98 Å². The fourth-order valence-corrected chi connectivity index (χ4v) is 4.93. The molecule has 5 rings (SSSR count). The molecule has 1 aromatic heterocycles. The van der Waals surface area contributed by atoms with Gasteiger partial charge < -0.3 is 4.90 Å². The fourth-order valence-electron chi connectivity index (χ4n) is 4.93. The summed E-state index contributed by atoms with van der Waals surface area (Å²) in [6, 6.07) is 18.5. The summed E-state index contributed by atoms with van der Waals surface area (Å²) in [5.74, 6) is 0.938. The monoisotopic (exact) mass is 470 g/mol. The highest BCUT2D eigenvalue weighted by Crippen LogP contribution is 2.33. The van der Waals surface area contributed by atoms with Gasteiger partial charge in [0.1, 0.15) is 6.54 Å². The third kappa shape index (κ3) is 5.31. The van der Waals surface area contributed by atoms with Crippen molar-refractivity contribution < 1.29 is 9.59 Å². The fraction of sp³-hybridized carbons (Fsp3) is 0.414. The predicted octanol–water partition coefficient (Wildman–Crippen LogP) is 5.78. The van der Waals surface area contributed by atoms with E-state index in [1.54, 1.807) is 0 Å². The lowest BCUT2D eigenvalue weighted by atomic mass is 10.0. The van der Waals surface area contributed by atoms with Gasteiger partial charge in [0.2, 0.25) is 17.8 Å². The summed E-state index contributed by atoms with van der Waals surface area (Å²) in [5, 5.41) is 3.01. The molecule has 0 saturated heterocycles. The van der Waals surface area contributed by atoms with Crippen LogP contribution in [0.3, 0.4) is 0 Å². The van der Waals surface area contributed by atoms with Crippen molar-refractivity contribution in [3.8, 4) is 16.9 Å². The Morgan fingerprint density at radius 3 is 2.31 bits per heavy atom. The normalized spacial score (nSPS) is 16.0. The van der Waals surface area contributed by atoms with Crippen LogP contribution < -0.4 is 5.32 Å². The molecule has 0 bridgehead atoms. The number of nitrogens with zero attached hydrogens (tertiary/aromatic N) is 3. The Labute approximate surface area is 207 Å². The summed E-state index contributed by atoms with van der Waals surface area (Å²) in [4.78, 5) is 32.9. The van der Waals surface area contributed by atoms with Crippen LogP contribution >= 0.6 is 0 Å². The van der Waals surface area contributed by atoms with Crippen LogP contribution in [0.25, 0.3) is 16.9 Å². The molecule has 0 atom stereocenters. The van der Waals surface area contributed by atoms with E-state index < -0.39 is 0 Å². The van der Waals surface area contributed by atoms with E-state index in [0.29, 0.717) is 11.9 Å². The summed E-state index contributed by atoms with van der Waals surface area (Å²) >= 11 is 0. The van der Waals surface area contributed by atoms with Crippen molar-refractivity contribution in [2.24, 2.45) is 5.92 Å². The SMILES string of the molecule is CC(C)c1ccc(-n2cc(-c3ccccc3)nc2NC(=O)CN(C(=O)C2CCCC2)C2CC2)cc1. The second-order valence-corrected chi connectivity index (χ2v) is 10.2. The van der Waals surface area contributed by atoms with Crippen LogP contribution in [0, 0.1) is 5.92 Å². The molecule has 0 aliphatic heterocycles. The molecule has 1 N–H and O–H groups in total. The van der Waals surface area contributed by atoms with Gasteiger partial charge in [-0.2, -0.15) is 0 Å². The largest absolute Gasteiger partial charge is 0.330 e. The Hall–Kier alpha value is -3.41. The lowest BCUT2D eigenvalue weighted by Crippen LogP contribution is -2.42. The number of hydrogen-bond acceptors (Lipinski definition) is 3. The summed E-state index contributed by atoms with van der Waals surface area (Å²) in [6.45, 7) is 4.42. The number of benzene rings is 2. The summed E-state index contributed by atoms with van der Waals surface area (Å²) in [5.41, 5.74) is 3.96. The van der Waals surface area contributed by atoms with Crippen molar-refractivity contribution in [1.29, 1.82) is 0 Å². The average molecular weight is 471 g/mol. The number of anilines is 1. The van der Waals surface area contributed by atoms with E-state index >= 15 is 0 Å². The van der Waals surface area contributed by atoms with Gasteiger partial charge in [0, 0.05) is 29.4 Å². The van der Waals surface area contributed by atoms with Crippen molar-refractivity contribution in [3.05, 3.63) is 66.4 Å². The maximum absolute atomic E-state index is 13.2. The molecule has 6 nitrogen and oxygen atoms in total. The van der Waals surface area contributed by atoms with Crippen LogP contribution in [0.5, 0.6) is 0 Å². The minimum atomic E-state index is -0.200. The van der Waals surface area contributed by atoms with Crippen molar-refractivity contribution in [2.75, 3.05) is 11.9 Å². The van der Waals surface area contributed by atoms with Gasteiger partial charge in [-0.15, -0.1) is 0 Å². The quantitative estimate of drug-likeness (QED) is 0.454. The number of rotatable bonds is 8. The molecule has 6 heteroatoms. The Kier molecular flexibility index (Phi) is 6.71. The van der Waals surface area contributed by atoms with Crippen LogP contribution in [0.1, 0.15) is 63.9 Å². The van der Waals surface area contributed by atoms with E-state index in [-0.39, 0.29) is 30.3 Å². The van der Waals surface area contributed by atoms with E-state index in [9.17, 15) is 9.59 Å². The molecular formula is C29H34N4O2. The smallest absolute Gasteiger partial charge is 0.246 e. The van der Waals surface area contributed by atoms with Gasteiger partial charge in [-0.3, -0.25) is 19.5 Å². The lowest BCUT2D eigenvalue weighted by Gasteiger charge is -2.25. The third-order valence-electron chi connectivity index (χ3n) is 7.15. The molecular weight excluding hydrogens is 436 g/mol. The first-order chi connectivity index (χ1) is 17.0. The number of aromatic nitrogens is 2. The first-order valence-electron chi connectivity index (χ1n) is 12.8. The molecule has 1 heterocycles. The van der Waals surface area contributed by atoms with Crippen LogP contribution in [0.15, 0.2) is 60.8 Å². The number of carbonyl (C=O) groups excluding carboxylic acids is 2. The van der Waals surface area contributed by atoms with Crippen LogP contribution in [-0.4, -0.2) is 38.9 Å². The van der Waals surface area contributed by atoms with E-state index in [0.717, 1.165) is 55.5 Å². The maximum Gasteiger partial charge on any atom is 0.246 e. The Morgan fingerprint density at radius 2 is 1.69 bits per heavy atom. The molecule has 2 aliphatic carbocycles. The molecule has 0 spiro atoms. The minimum Gasteiger partial charge on any atom is -0.330 e. The standard InChI is InChI=1S/C29H34N4O2/c1-20(2)21-12-14-25(15-13-21)33-18-26(22-8-4-3-5-9-22)30-29(33)31-27(34)19-32(24-16-17-24)28(35)23-10-6-7-11-23/h3-5,8-9,12-15,18,20,23-24H,6-7,10-11,16-17,19H2,1-2H3,(H,30,31,34). The van der Waals surface area contributed by atoms with Crippen molar-refractivity contribution in [2.45, 2.75) is 64.3 Å². The molecule has 3 aromatic rings. The maximum atomic E-state index is 13.2. The number of carbonyl (C=O) groups is 2. The van der Waals surface area contributed by atoms with E-state index in [1.807, 2.05) is 46.0 Å². The zero-order chi connectivity index (χ0) is 24.4. The Morgan fingerprint density at radius 1 is 1.00 bits per heavy atom. The molecule has 2 aromatic carbocycles. The molecule has 0 unspecified atom stereocenters. The van der Waals surface area contributed by atoms with E-state index in [2.05, 4.69) is 43.4 Å².